The van der Waals surface area contributed by atoms with Crippen molar-refractivity contribution in [3.63, 3.8) is 0 Å². The molecule has 1 N–H and O–H groups in total. The molecule has 0 bridgehead atoms. The van der Waals surface area contributed by atoms with Crippen molar-refractivity contribution in [3.05, 3.63) is 52.4 Å². The van der Waals surface area contributed by atoms with Crippen molar-refractivity contribution < 1.29 is 9.13 Å². The maximum absolute atomic E-state index is 15.0. The molecule has 0 spiro atoms. The van der Waals surface area contributed by atoms with Crippen LogP contribution in [0.4, 0.5) is 10.3 Å². The van der Waals surface area contributed by atoms with E-state index in [0.717, 1.165) is 36.6 Å². The number of ether oxygens (including phenoxy) is 1. The third kappa shape index (κ3) is 4.03. The second kappa shape index (κ2) is 8.96. The van der Waals surface area contributed by atoms with Gasteiger partial charge in [0, 0.05) is 25.3 Å². The Morgan fingerprint density at radius 2 is 2.09 bits per heavy atom. The molecule has 0 amide bonds. The highest BCUT2D eigenvalue weighted by molar-refractivity contribution is 6.33. The number of rotatable bonds is 6. The first-order chi connectivity index (χ1) is 16.4. The minimum Gasteiger partial charge on any atom is -0.378 e. The van der Waals surface area contributed by atoms with Gasteiger partial charge in [0.05, 0.1) is 46.5 Å². The van der Waals surface area contributed by atoms with Crippen molar-refractivity contribution in [1.82, 2.24) is 29.3 Å². The predicted molar refractivity (Wildman–Crippen MR) is 129 cm³/mol. The Kier molecular flexibility index (Phi) is 5.99. The highest BCUT2D eigenvalue weighted by Crippen LogP contribution is 2.34. The fraction of sp³-hybridized carbons (Fsp3) is 0.417. The molecule has 0 fully saturated rings. The number of aryl methyl sites for hydroxylation is 2. The molecule has 34 heavy (non-hydrogen) atoms. The second-order valence-electron chi connectivity index (χ2n) is 8.89. The zero-order valence-electron chi connectivity index (χ0n) is 19.6. The van der Waals surface area contributed by atoms with Crippen LogP contribution in [0.1, 0.15) is 56.0 Å². The lowest BCUT2D eigenvalue weighted by atomic mass is 10.0. The number of nitrogens with one attached hydrogen (secondary N) is 1. The lowest BCUT2D eigenvalue weighted by Crippen LogP contribution is -2.22. The third-order valence-corrected chi connectivity index (χ3v) is 6.41. The van der Waals surface area contributed by atoms with Crippen LogP contribution in [-0.2, 0) is 17.9 Å². The molecule has 4 aromatic rings. The molecule has 10 heteroatoms. The highest BCUT2D eigenvalue weighted by atomic mass is 35.5. The number of hydrogen-bond donors (Lipinski definition) is 1. The smallest absolute Gasteiger partial charge is 0.223 e. The van der Waals surface area contributed by atoms with Gasteiger partial charge in [0.15, 0.2) is 5.82 Å². The number of imidazole rings is 1. The number of methoxy groups -OCH3 is 1. The van der Waals surface area contributed by atoms with Crippen LogP contribution in [0, 0.1) is 12.7 Å². The summed E-state index contributed by atoms with van der Waals surface area (Å²) in [7, 11) is 1.66. The molecule has 178 valence electrons. The van der Waals surface area contributed by atoms with E-state index in [2.05, 4.69) is 31.4 Å². The summed E-state index contributed by atoms with van der Waals surface area (Å²) in [6.07, 6.45) is 3.46. The average Bonchev–Trinajstić information content (AvgIpc) is 3.36. The van der Waals surface area contributed by atoms with Crippen LogP contribution in [0.5, 0.6) is 0 Å². The zero-order valence-corrected chi connectivity index (χ0v) is 20.4. The fourth-order valence-corrected chi connectivity index (χ4v) is 4.96. The van der Waals surface area contributed by atoms with Crippen molar-refractivity contribution in [2.24, 2.45) is 0 Å². The van der Waals surface area contributed by atoms with Gasteiger partial charge >= 0.3 is 0 Å². The summed E-state index contributed by atoms with van der Waals surface area (Å²) < 4.78 is 24.3. The van der Waals surface area contributed by atoms with E-state index in [4.69, 9.17) is 16.3 Å². The number of hydrogen-bond acceptors (Lipinski definition) is 6. The van der Waals surface area contributed by atoms with Gasteiger partial charge in [-0.25, -0.2) is 19.3 Å². The fourth-order valence-electron chi connectivity index (χ4n) is 4.76. The molecule has 1 aliphatic heterocycles. The Bertz CT molecular complexity index is 1360. The van der Waals surface area contributed by atoms with Crippen LogP contribution in [0.2, 0.25) is 5.02 Å². The van der Waals surface area contributed by atoms with E-state index in [9.17, 15) is 0 Å². The normalized spacial score (nSPS) is 15.8. The molecule has 3 aromatic heterocycles. The maximum Gasteiger partial charge on any atom is 0.223 e. The first-order valence-corrected chi connectivity index (χ1v) is 11.8. The van der Waals surface area contributed by atoms with Gasteiger partial charge in [-0.15, -0.1) is 0 Å². The van der Waals surface area contributed by atoms with E-state index in [0.29, 0.717) is 39.9 Å². The predicted octanol–water partition coefficient (Wildman–Crippen LogP) is 5.47. The van der Waals surface area contributed by atoms with Gasteiger partial charge in [-0.1, -0.05) is 11.6 Å². The van der Waals surface area contributed by atoms with E-state index in [1.807, 2.05) is 36.1 Å². The van der Waals surface area contributed by atoms with Crippen LogP contribution in [0.15, 0.2) is 24.4 Å². The third-order valence-electron chi connectivity index (χ3n) is 6.14. The van der Waals surface area contributed by atoms with Gasteiger partial charge in [0.2, 0.25) is 5.95 Å². The summed E-state index contributed by atoms with van der Waals surface area (Å²) in [5, 5.41) is 8.39. The second-order valence-corrected chi connectivity index (χ2v) is 9.30. The topological polar surface area (TPSA) is 82.7 Å². The first-order valence-electron chi connectivity index (χ1n) is 11.4. The number of nitrogens with zero attached hydrogens (tertiary/aromatic N) is 6. The van der Waals surface area contributed by atoms with E-state index in [1.54, 1.807) is 13.3 Å². The lowest BCUT2D eigenvalue weighted by molar-refractivity contribution is 0.180. The van der Waals surface area contributed by atoms with Crippen LogP contribution < -0.4 is 5.32 Å². The van der Waals surface area contributed by atoms with Crippen molar-refractivity contribution in [3.8, 4) is 11.3 Å². The van der Waals surface area contributed by atoms with Gasteiger partial charge in [-0.2, -0.15) is 5.10 Å². The quantitative estimate of drug-likeness (QED) is 0.392. The number of aromatic nitrogens is 6. The minimum absolute atomic E-state index is 0.00474. The van der Waals surface area contributed by atoms with Crippen LogP contribution in [0.3, 0.4) is 0 Å². The molecule has 1 atom stereocenters. The van der Waals surface area contributed by atoms with Crippen LogP contribution in [-0.4, -0.2) is 36.4 Å². The molecular formula is C24H27ClFN7O. The molecule has 0 saturated heterocycles. The van der Waals surface area contributed by atoms with E-state index in [1.165, 1.54) is 6.07 Å². The Hall–Kier alpha value is -3.04. The number of anilines is 1. The lowest BCUT2D eigenvalue weighted by Gasteiger charge is -2.24. The summed E-state index contributed by atoms with van der Waals surface area (Å²) in [6, 6.07) is 5.52. The van der Waals surface area contributed by atoms with Gasteiger partial charge in [-0.05, 0) is 51.8 Å². The van der Waals surface area contributed by atoms with Crippen molar-refractivity contribution in [1.29, 1.82) is 0 Å². The van der Waals surface area contributed by atoms with Crippen molar-refractivity contribution >= 4 is 28.6 Å². The minimum atomic E-state index is -0.402. The number of fused-ring (bicyclic) bond motifs is 2. The van der Waals surface area contributed by atoms with Crippen molar-refractivity contribution in [2.45, 2.75) is 58.8 Å². The van der Waals surface area contributed by atoms with Gasteiger partial charge in [0.1, 0.15) is 11.3 Å². The van der Waals surface area contributed by atoms with Crippen LogP contribution in [0.25, 0.3) is 22.3 Å². The monoisotopic (exact) mass is 483 g/mol. The molecule has 1 unspecified atom stereocenters. The Morgan fingerprint density at radius 3 is 2.85 bits per heavy atom. The summed E-state index contributed by atoms with van der Waals surface area (Å²) >= 11 is 6.48. The van der Waals surface area contributed by atoms with Gasteiger partial charge < -0.3 is 14.6 Å². The summed E-state index contributed by atoms with van der Waals surface area (Å²) in [5.74, 6) is 0.793. The molecule has 0 saturated carbocycles. The SMILES string of the molecule is COCc1cc2n(n1)CCCC2Nc1ncc(Cl)c(-c2cc(F)c3nc(C)n(C(C)C)c3c2)n1. The van der Waals surface area contributed by atoms with Crippen LogP contribution >= 0.6 is 11.6 Å². The number of benzene rings is 1. The Morgan fingerprint density at radius 1 is 1.26 bits per heavy atom. The molecular weight excluding hydrogens is 457 g/mol. The molecule has 0 aliphatic carbocycles. The Balaban J connectivity index is 1.51. The molecule has 1 aromatic carbocycles. The summed E-state index contributed by atoms with van der Waals surface area (Å²) in [6.45, 7) is 7.31. The average molecular weight is 484 g/mol. The molecule has 0 radical (unpaired) electrons. The van der Waals surface area contributed by atoms with Gasteiger partial charge in [0.25, 0.3) is 0 Å². The maximum atomic E-state index is 15.0. The summed E-state index contributed by atoms with van der Waals surface area (Å²) in [5.41, 5.74) is 4.08. The van der Waals surface area contributed by atoms with E-state index in [-0.39, 0.29) is 12.1 Å². The first kappa shape index (κ1) is 22.7. The Labute approximate surface area is 202 Å². The number of halogens is 2. The molecule has 5 rings (SSSR count). The standard InChI is InChI=1S/C24H27ClFN7O/c1-13(2)33-14(3)28-23-18(26)8-15(9-21(23)33)22-17(25)11-27-24(30-22)29-19-6-5-7-32-20(19)10-16(31-32)12-34-4/h8-11,13,19H,5-7,12H2,1-4H3,(H,27,29,30). The molecule has 8 nitrogen and oxygen atoms in total. The van der Waals surface area contributed by atoms with E-state index < -0.39 is 5.82 Å². The van der Waals surface area contributed by atoms with Gasteiger partial charge in [-0.3, -0.25) is 4.68 Å². The summed E-state index contributed by atoms with van der Waals surface area (Å²) in [4.78, 5) is 13.5. The largest absolute Gasteiger partial charge is 0.378 e. The molecule has 1 aliphatic rings. The van der Waals surface area contributed by atoms with Crippen molar-refractivity contribution in [2.75, 3.05) is 12.4 Å². The zero-order chi connectivity index (χ0) is 24.0. The highest BCUT2D eigenvalue weighted by Gasteiger charge is 2.24. The molecule has 4 heterocycles. The van der Waals surface area contributed by atoms with E-state index >= 15 is 4.39 Å².